The van der Waals surface area contributed by atoms with Gasteiger partial charge in [0.2, 0.25) is 5.91 Å². The second-order valence-corrected chi connectivity index (χ2v) is 6.78. The van der Waals surface area contributed by atoms with E-state index in [0.717, 1.165) is 36.9 Å². The van der Waals surface area contributed by atoms with Crippen LogP contribution in [0.15, 0.2) is 30.6 Å². The van der Waals surface area contributed by atoms with Gasteiger partial charge in [-0.15, -0.1) is 0 Å². The van der Waals surface area contributed by atoms with E-state index in [1.54, 1.807) is 23.4 Å². The number of hydrogen-bond acceptors (Lipinski definition) is 4. The number of carbonyl (C=O) groups is 2. The number of aromatic nitrogens is 3. The summed E-state index contributed by atoms with van der Waals surface area (Å²) < 4.78 is 0. The van der Waals surface area contributed by atoms with Crippen molar-refractivity contribution in [1.29, 1.82) is 0 Å². The predicted octanol–water partition coefficient (Wildman–Crippen LogP) is 1.60. The molecule has 0 radical (unpaired) electrons. The summed E-state index contributed by atoms with van der Waals surface area (Å²) in [5, 5.41) is 10.1. The highest BCUT2D eigenvalue weighted by atomic mass is 16.2. The third-order valence-corrected chi connectivity index (χ3v) is 4.79. The van der Waals surface area contributed by atoms with Crippen LogP contribution in [0.1, 0.15) is 36.2 Å². The van der Waals surface area contributed by atoms with Crippen molar-refractivity contribution >= 4 is 11.8 Å². The van der Waals surface area contributed by atoms with Gasteiger partial charge in [-0.25, -0.2) is 0 Å². The number of piperidine rings is 1. The van der Waals surface area contributed by atoms with Gasteiger partial charge in [0.1, 0.15) is 0 Å². The Hall–Kier alpha value is -2.70. The molecule has 2 aromatic heterocycles. The fourth-order valence-corrected chi connectivity index (χ4v) is 3.19. The van der Waals surface area contributed by atoms with Crippen molar-refractivity contribution in [3.63, 3.8) is 0 Å². The van der Waals surface area contributed by atoms with Gasteiger partial charge in [0.15, 0.2) is 5.69 Å². The van der Waals surface area contributed by atoms with Crippen LogP contribution in [0.5, 0.6) is 0 Å². The van der Waals surface area contributed by atoms with E-state index >= 15 is 0 Å². The normalized spacial score (nSPS) is 20.3. The molecule has 2 aromatic rings. The molecule has 7 nitrogen and oxygen atoms in total. The maximum atomic E-state index is 12.7. The molecular weight excluding hydrogens is 318 g/mol. The molecule has 1 saturated heterocycles. The Balaban J connectivity index is 1.43. The molecule has 1 saturated carbocycles. The van der Waals surface area contributed by atoms with Crippen LogP contribution in [0.2, 0.25) is 0 Å². The number of pyridine rings is 1. The average Bonchev–Trinajstić information content (AvgIpc) is 3.34. The van der Waals surface area contributed by atoms with Crippen LogP contribution in [0, 0.1) is 5.92 Å². The van der Waals surface area contributed by atoms with Gasteiger partial charge in [0.25, 0.3) is 5.91 Å². The van der Waals surface area contributed by atoms with E-state index in [1.165, 1.54) is 0 Å². The van der Waals surface area contributed by atoms with Gasteiger partial charge in [-0.1, -0.05) is 0 Å². The van der Waals surface area contributed by atoms with Crippen molar-refractivity contribution in [2.45, 2.75) is 31.7 Å². The maximum absolute atomic E-state index is 12.7. The third-order valence-electron chi connectivity index (χ3n) is 4.79. The molecule has 1 aliphatic carbocycles. The summed E-state index contributed by atoms with van der Waals surface area (Å²) in [5.41, 5.74) is 2.10. The van der Waals surface area contributed by atoms with E-state index in [-0.39, 0.29) is 17.7 Å². The second-order valence-electron chi connectivity index (χ2n) is 6.78. The van der Waals surface area contributed by atoms with Crippen LogP contribution < -0.4 is 5.32 Å². The van der Waals surface area contributed by atoms with Crippen LogP contribution >= 0.6 is 0 Å². The highest BCUT2D eigenvalue weighted by Crippen LogP contribution is 2.23. The Morgan fingerprint density at radius 1 is 1.20 bits per heavy atom. The third kappa shape index (κ3) is 3.55. The largest absolute Gasteiger partial charge is 0.353 e. The summed E-state index contributed by atoms with van der Waals surface area (Å²) in [6.45, 7) is 1.14. The number of H-pyrrole nitrogens is 1. The first kappa shape index (κ1) is 15.8. The first-order chi connectivity index (χ1) is 12.2. The number of carbonyl (C=O) groups excluding carboxylic acids is 2. The summed E-state index contributed by atoms with van der Waals surface area (Å²) in [6, 6.07) is 5.83. The topological polar surface area (TPSA) is 91.0 Å². The van der Waals surface area contributed by atoms with Crippen molar-refractivity contribution in [2.24, 2.45) is 5.92 Å². The maximum Gasteiger partial charge on any atom is 0.274 e. The molecule has 130 valence electrons. The molecule has 2 fully saturated rings. The van der Waals surface area contributed by atoms with Crippen LogP contribution in [0.25, 0.3) is 11.3 Å². The lowest BCUT2D eigenvalue weighted by molar-refractivity contribution is -0.126. The van der Waals surface area contributed by atoms with E-state index in [0.29, 0.717) is 24.8 Å². The molecular formula is C18H21N5O2. The van der Waals surface area contributed by atoms with Crippen LogP contribution in [0.3, 0.4) is 0 Å². The molecule has 0 aromatic carbocycles. The molecule has 1 unspecified atom stereocenters. The predicted molar refractivity (Wildman–Crippen MR) is 91.6 cm³/mol. The van der Waals surface area contributed by atoms with E-state index in [2.05, 4.69) is 20.5 Å². The summed E-state index contributed by atoms with van der Waals surface area (Å²) >= 11 is 0. The van der Waals surface area contributed by atoms with Gasteiger partial charge in [-0.2, -0.15) is 5.10 Å². The van der Waals surface area contributed by atoms with Gasteiger partial charge in [-0.05, 0) is 43.9 Å². The number of likely N-dealkylation sites (tertiary alicyclic amines) is 1. The molecule has 1 atom stereocenters. The summed E-state index contributed by atoms with van der Waals surface area (Å²) in [6.07, 6.45) is 7.23. The molecule has 0 bridgehead atoms. The van der Waals surface area contributed by atoms with Crippen LogP contribution in [-0.2, 0) is 4.79 Å². The van der Waals surface area contributed by atoms with E-state index in [9.17, 15) is 9.59 Å². The van der Waals surface area contributed by atoms with Crippen molar-refractivity contribution in [1.82, 2.24) is 25.4 Å². The van der Waals surface area contributed by atoms with Crippen molar-refractivity contribution in [3.05, 3.63) is 36.3 Å². The van der Waals surface area contributed by atoms with Gasteiger partial charge < -0.3 is 10.2 Å². The Morgan fingerprint density at radius 2 is 2.00 bits per heavy atom. The van der Waals surface area contributed by atoms with Crippen LogP contribution in [-0.4, -0.2) is 51.0 Å². The monoisotopic (exact) mass is 339 g/mol. The van der Waals surface area contributed by atoms with E-state index in [4.69, 9.17) is 0 Å². The second kappa shape index (κ2) is 6.66. The van der Waals surface area contributed by atoms with E-state index < -0.39 is 0 Å². The first-order valence-corrected chi connectivity index (χ1v) is 8.76. The zero-order valence-electron chi connectivity index (χ0n) is 13.9. The SMILES string of the molecule is O=C(NC1CC1)C1CCCN(C(=O)c2cc(-c3ccncc3)[nH]n2)C1. The molecule has 2 N–H and O–H groups in total. The Bertz CT molecular complexity index is 769. The van der Waals surface area contributed by atoms with Crippen molar-refractivity contribution in [3.8, 4) is 11.3 Å². The van der Waals surface area contributed by atoms with Crippen LogP contribution in [0.4, 0.5) is 0 Å². The first-order valence-electron chi connectivity index (χ1n) is 8.76. The summed E-state index contributed by atoms with van der Waals surface area (Å²) in [7, 11) is 0. The fraction of sp³-hybridized carbons (Fsp3) is 0.444. The highest BCUT2D eigenvalue weighted by Gasteiger charge is 2.32. The van der Waals surface area contributed by atoms with E-state index in [1.807, 2.05) is 12.1 Å². The number of nitrogens with zero attached hydrogens (tertiary/aromatic N) is 3. The van der Waals surface area contributed by atoms with Gasteiger partial charge in [0, 0.05) is 37.1 Å². The zero-order chi connectivity index (χ0) is 17.2. The molecule has 3 heterocycles. The lowest BCUT2D eigenvalue weighted by Gasteiger charge is -2.31. The summed E-state index contributed by atoms with van der Waals surface area (Å²) in [5.74, 6) is -0.156. The lowest BCUT2D eigenvalue weighted by Crippen LogP contribution is -2.46. The number of amides is 2. The highest BCUT2D eigenvalue weighted by molar-refractivity contribution is 5.94. The molecule has 7 heteroatoms. The number of aromatic amines is 1. The standard InChI is InChI=1S/C18H21N5O2/c24-17(20-14-3-4-14)13-2-1-9-23(11-13)18(25)16-10-15(21-22-16)12-5-7-19-8-6-12/h5-8,10,13-14H,1-4,9,11H2,(H,20,24)(H,21,22). The molecule has 25 heavy (non-hydrogen) atoms. The average molecular weight is 339 g/mol. The molecule has 2 amide bonds. The fourth-order valence-electron chi connectivity index (χ4n) is 3.19. The minimum atomic E-state index is -0.125. The number of hydrogen-bond donors (Lipinski definition) is 2. The van der Waals surface area contributed by atoms with Gasteiger partial charge in [-0.3, -0.25) is 19.7 Å². The Labute approximate surface area is 145 Å². The molecule has 0 spiro atoms. The lowest BCUT2D eigenvalue weighted by atomic mass is 9.96. The van der Waals surface area contributed by atoms with Gasteiger partial charge >= 0.3 is 0 Å². The molecule has 1 aliphatic heterocycles. The Kier molecular flexibility index (Phi) is 4.21. The van der Waals surface area contributed by atoms with Gasteiger partial charge in [0.05, 0.1) is 11.6 Å². The quantitative estimate of drug-likeness (QED) is 0.885. The minimum Gasteiger partial charge on any atom is -0.353 e. The molecule has 2 aliphatic rings. The Morgan fingerprint density at radius 3 is 2.76 bits per heavy atom. The minimum absolute atomic E-state index is 0.0829. The smallest absolute Gasteiger partial charge is 0.274 e. The number of rotatable bonds is 4. The zero-order valence-corrected chi connectivity index (χ0v) is 13.9. The summed E-state index contributed by atoms with van der Waals surface area (Å²) in [4.78, 5) is 30.7. The number of nitrogens with one attached hydrogen (secondary N) is 2. The van der Waals surface area contributed by atoms with Crippen molar-refractivity contribution < 1.29 is 9.59 Å². The van der Waals surface area contributed by atoms with Crippen molar-refractivity contribution in [2.75, 3.05) is 13.1 Å². The molecule has 4 rings (SSSR count).